The highest BCUT2D eigenvalue weighted by molar-refractivity contribution is 4.79. The van der Waals surface area contributed by atoms with Crippen molar-refractivity contribution in [1.29, 1.82) is 0 Å². The third-order valence-electron chi connectivity index (χ3n) is 4.02. The van der Waals surface area contributed by atoms with Crippen molar-refractivity contribution in [1.82, 2.24) is 10.2 Å². The van der Waals surface area contributed by atoms with E-state index in [1.807, 2.05) is 0 Å². The van der Waals surface area contributed by atoms with Crippen LogP contribution in [0.3, 0.4) is 0 Å². The fourth-order valence-electron chi connectivity index (χ4n) is 2.83. The molecular weight excluding hydrogens is 196 g/mol. The van der Waals surface area contributed by atoms with Crippen molar-refractivity contribution in [2.45, 2.75) is 65.5 Å². The van der Waals surface area contributed by atoms with Gasteiger partial charge in [0.15, 0.2) is 0 Å². The molecule has 96 valence electrons. The minimum absolute atomic E-state index is 0.736. The van der Waals surface area contributed by atoms with Crippen molar-refractivity contribution in [2.24, 2.45) is 5.92 Å². The van der Waals surface area contributed by atoms with E-state index in [2.05, 4.69) is 37.9 Å². The molecule has 0 aliphatic carbocycles. The Hall–Kier alpha value is -0.0800. The highest BCUT2D eigenvalue weighted by atomic mass is 15.2. The highest BCUT2D eigenvalue weighted by Crippen LogP contribution is 2.15. The molecule has 16 heavy (non-hydrogen) atoms. The molecule has 2 unspecified atom stereocenters. The van der Waals surface area contributed by atoms with Gasteiger partial charge in [0, 0.05) is 18.6 Å². The molecule has 0 radical (unpaired) electrons. The van der Waals surface area contributed by atoms with Gasteiger partial charge in [0.2, 0.25) is 0 Å². The Morgan fingerprint density at radius 2 is 1.94 bits per heavy atom. The smallest absolute Gasteiger partial charge is 0.00901 e. The molecule has 1 saturated heterocycles. The first-order chi connectivity index (χ1) is 7.71. The van der Waals surface area contributed by atoms with Crippen LogP contribution in [0.2, 0.25) is 0 Å². The first kappa shape index (κ1) is 14.0. The van der Waals surface area contributed by atoms with Crippen molar-refractivity contribution in [2.75, 3.05) is 19.6 Å². The molecule has 0 bridgehead atoms. The average molecular weight is 226 g/mol. The topological polar surface area (TPSA) is 15.3 Å². The maximum Gasteiger partial charge on any atom is 0.00901 e. The van der Waals surface area contributed by atoms with E-state index in [9.17, 15) is 0 Å². The molecule has 1 aliphatic rings. The lowest BCUT2D eigenvalue weighted by atomic mass is 10.0. The first-order valence-electron chi connectivity index (χ1n) is 7.18. The predicted molar refractivity (Wildman–Crippen MR) is 71.8 cm³/mol. The van der Waals surface area contributed by atoms with Gasteiger partial charge in [-0.3, -0.25) is 0 Å². The predicted octanol–water partition coefficient (Wildman–Crippen LogP) is 2.89. The summed E-state index contributed by atoms with van der Waals surface area (Å²) >= 11 is 0. The molecule has 0 aromatic carbocycles. The maximum absolute atomic E-state index is 3.69. The van der Waals surface area contributed by atoms with Crippen molar-refractivity contribution in [3.05, 3.63) is 0 Å². The zero-order chi connectivity index (χ0) is 12.0. The molecule has 1 heterocycles. The van der Waals surface area contributed by atoms with Gasteiger partial charge in [0.1, 0.15) is 0 Å². The van der Waals surface area contributed by atoms with Crippen LogP contribution in [0.15, 0.2) is 0 Å². The maximum atomic E-state index is 3.69. The second kappa shape index (κ2) is 7.29. The van der Waals surface area contributed by atoms with Crippen molar-refractivity contribution in [3.8, 4) is 0 Å². The third kappa shape index (κ3) is 4.06. The van der Waals surface area contributed by atoms with Crippen LogP contribution in [0, 0.1) is 5.92 Å². The van der Waals surface area contributed by atoms with E-state index < -0.39 is 0 Å². The van der Waals surface area contributed by atoms with E-state index in [0.717, 1.165) is 18.0 Å². The van der Waals surface area contributed by atoms with Crippen LogP contribution in [0.25, 0.3) is 0 Å². The van der Waals surface area contributed by atoms with E-state index in [1.54, 1.807) is 0 Å². The lowest BCUT2D eigenvalue weighted by molar-refractivity contribution is 0.137. The molecule has 2 atom stereocenters. The molecule has 1 fully saturated rings. The Labute approximate surface area is 102 Å². The summed E-state index contributed by atoms with van der Waals surface area (Å²) in [6, 6.07) is 1.54. The number of rotatable bonds is 4. The van der Waals surface area contributed by atoms with E-state index in [0.29, 0.717) is 0 Å². The summed E-state index contributed by atoms with van der Waals surface area (Å²) in [7, 11) is 0. The van der Waals surface area contributed by atoms with Gasteiger partial charge < -0.3 is 10.2 Å². The van der Waals surface area contributed by atoms with E-state index in [4.69, 9.17) is 0 Å². The summed E-state index contributed by atoms with van der Waals surface area (Å²) in [6.45, 7) is 13.1. The SMILES string of the molecule is CCC1CCN(C(CC)CC)CC(C)CN1. The molecule has 1 N–H and O–H groups in total. The molecule has 0 saturated carbocycles. The Bertz CT molecular complexity index is 178. The Balaban J connectivity index is 2.55. The monoisotopic (exact) mass is 226 g/mol. The molecule has 0 aromatic rings. The molecule has 1 aliphatic heterocycles. The fraction of sp³-hybridized carbons (Fsp3) is 1.00. The van der Waals surface area contributed by atoms with Crippen LogP contribution in [0.1, 0.15) is 53.4 Å². The summed E-state index contributed by atoms with van der Waals surface area (Å²) in [5.74, 6) is 0.787. The minimum Gasteiger partial charge on any atom is -0.314 e. The second-order valence-corrected chi connectivity index (χ2v) is 5.37. The molecule has 0 amide bonds. The largest absolute Gasteiger partial charge is 0.314 e. The first-order valence-corrected chi connectivity index (χ1v) is 7.18. The molecule has 1 rings (SSSR count). The lowest BCUT2D eigenvalue weighted by Gasteiger charge is -2.36. The van der Waals surface area contributed by atoms with Gasteiger partial charge in [-0.1, -0.05) is 27.7 Å². The average Bonchev–Trinajstić information content (AvgIpc) is 2.27. The molecule has 0 aromatic heterocycles. The number of nitrogens with one attached hydrogen (secondary N) is 1. The van der Waals surface area contributed by atoms with Crippen LogP contribution in [0.5, 0.6) is 0 Å². The lowest BCUT2D eigenvalue weighted by Crippen LogP contribution is -2.46. The molecule has 2 nitrogen and oxygen atoms in total. The summed E-state index contributed by atoms with van der Waals surface area (Å²) in [6.07, 6.45) is 5.18. The minimum atomic E-state index is 0.736. The normalized spacial score (nSPS) is 29.1. The van der Waals surface area contributed by atoms with Crippen molar-refractivity contribution < 1.29 is 0 Å². The summed E-state index contributed by atoms with van der Waals surface area (Å²) < 4.78 is 0. The van der Waals surface area contributed by atoms with Gasteiger partial charge in [-0.25, -0.2) is 0 Å². The molecule has 2 heteroatoms. The molecule has 0 spiro atoms. The van der Waals surface area contributed by atoms with E-state index >= 15 is 0 Å². The summed E-state index contributed by atoms with van der Waals surface area (Å²) in [5.41, 5.74) is 0. The van der Waals surface area contributed by atoms with Gasteiger partial charge in [-0.15, -0.1) is 0 Å². The number of hydrogen-bond acceptors (Lipinski definition) is 2. The number of nitrogens with zero attached hydrogens (tertiary/aromatic N) is 1. The van der Waals surface area contributed by atoms with Crippen LogP contribution >= 0.6 is 0 Å². The van der Waals surface area contributed by atoms with Gasteiger partial charge >= 0.3 is 0 Å². The van der Waals surface area contributed by atoms with Gasteiger partial charge in [0.25, 0.3) is 0 Å². The Kier molecular flexibility index (Phi) is 6.37. The van der Waals surface area contributed by atoms with Gasteiger partial charge in [-0.05, 0) is 44.7 Å². The third-order valence-corrected chi connectivity index (χ3v) is 4.02. The van der Waals surface area contributed by atoms with E-state index in [1.165, 1.54) is 45.3 Å². The Morgan fingerprint density at radius 1 is 1.25 bits per heavy atom. The van der Waals surface area contributed by atoms with E-state index in [-0.39, 0.29) is 0 Å². The van der Waals surface area contributed by atoms with Gasteiger partial charge in [-0.2, -0.15) is 0 Å². The van der Waals surface area contributed by atoms with Crippen LogP contribution in [-0.2, 0) is 0 Å². The van der Waals surface area contributed by atoms with Crippen molar-refractivity contribution in [3.63, 3.8) is 0 Å². The van der Waals surface area contributed by atoms with Crippen LogP contribution in [-0.4, -0.2) is 36.6 Å². The number of hydrogen-bond donors (Lipinski definition) is 1. The fourth-order valence-corrected chi connectivity index (χ4v) is 2.83. The highest BCUT2D eigenvalue weighted by Gasteiger charge is 2.21. The van der Waals surface area contributed by atoms with Gasteiger partial charge in [0.05, 0.1) is 0 Å². The molecular formula is C14H30N2. The zero-order valence-corrected chi connectivity index (χ0v) is 11.6. The quantitative estimate of drug-likeness (QED) is 0.793. The summed E-state index contributed by atoms with van der Waals surface area (Å²) in [4.78, 5) is 2.73. The van der Waals surface area contributed by atoms with Crippen LogP contribution in [0.4, 0.5) is 0 Å². The van der Waals surface area contributed by atoms with Crippen LogP contribution < -0.4 is 5.32 Å². The summed E-state index contributed by atoms with van der Waals surface area (Å²) in [5, 5.41) is 3.69. The zero-order valence-electron chi connectivity index (χ0n) is 11.6. The Morgan fingerprint density at radius 3 is 2.50 bits per heavy atom. The van der Waals surface area contributed by atoms with Crippen molar-refractivity contribution >= 4 is 0 Å². The second-order valence-electron chi connectivity index (χ2n) is 5.37. The standard InChI is InChI=1S/C14H30N2/c1-5-13-8-9-16(14(6-2)7-3)11-12(4)10-15-13/h12-15H,5-11H2,1-4H3.